The topological polar surface area (TPSA) is 55.4 Å². The van der Waals surface area contributed by atoms with E-state index < -0.39 is 0 Å². The number of β-amino-alcohol motifs (C(OH)–C–C–N with tert-alkyl or cyclic N) is 1. The molecule has 5 heteroatoms. The van der Waals surface area contributed by atoms with Crippen molar-refractivity contribution in [2.75, 3.05) is 39.3 Å². The third-order valence-corrected chi connectivity index (χ3v) is 5.43. The number of benzene rings is 1. The number of aromatic nitrogens is 2. The van der Waals surface area contributed by atoms with Crippen LogP contribution >= 0.6 is 0 Å². The highest BCUT2D eigenvalue weighted by Gasteiger charge is 2.29. The number of nitrogens with zero attached hydrogens (tertiary/aromatic N) is 3. The van der Waals surface area contributed by atoms with E-state index in [-0.39, 0.29) is 12.6 Å². The summed E-state index contributed by atoms with van der Waals surface area (Å²) >= 11 is 0. The summed E-state index contributed by atoms with van der Waals surface area (Å²) < 4.78 is 0. The van der Waals surface area contributed by atoms with Gasteiger partial charge in [0.05, 0.1) is 12.6 Å². The van der Waals surface area contributed by atoms with Crippen molar-refractivity contribution in [3.8, 4) is 0 Å². The molecule has 5 nitrogen and oxygen atoms in total. The van der Waals surface area contributed by atoms with Gasteiger partial charge in [-0.1, -0.05) is 18.2 Å². The van der Waals surface area contributed by atoms with E-state index >= 15 is 0 Å². The number of hydrogen-bond donors (Lipinski definition) is 2. The van der Waals surface area contributed by atoms with E-state index in [0.29, 0.717) is 0 Å². The molecule has 3 aromatic rings. The van der Waals surface area contributed by atoms with Crippen molar-refractivity contribution in [3.63, 3.8) is 0 Å². The van der Waals surface area contributed by atoms with E-state index in [1.54, 1.807) is 0 Å². The first kappa shape index (κ1) is 17.2. The van der Waals surface area contributed by atoms with E-state index in [0.717, 1.165) is 32.7 Å². The maximum atomic E-state index is 9.21. The summed E-state index contributed by atoms with van der Waals surface area (Å²) in [5.74, 6) is 0. The molecule has 0 saturated carbocycles. The number of hydrogen-bond acceptors (Lipinski definition) is 4. The van der Waals surface area contributed by atoms with Crippen LogP contribution in [0.5, 0.6) is 0 Å². The third kappa shape index (κ3) is 3.26. The standard InChI is InChI=1S/C21H26N4O/c1-16-20(18-4-2-3-5-19(18)23-16)21(17-6-8-22-9-7-17)25-12-10-24(11-13-25)14-15-26/h2-9,21,23,26H,10-15H2,1H3. The Morgan fingerprint density at radius 3 is 2.54 bits per heavy atom. The first-order valence-electron chi connectivity index (χ1n) is 9.32. The number of piperazine rings is 1. The highest BCUT2D eigenvalue weighted by atomic mass is 16.3. The predicted octanol–water partition coefficient (Wildman–Crippen LogP) is 2.57. The van der Waals surface area contributed by atoms with Crippen LogP contribution in [-0.4, -0.2) is 64.2 Å². The minimum Gasteiger partial charge on any atom is -0.395 e. The summed E-state index contributed by atoms with van der Waals surface area (Å²) in [6.07, 6.45) is 3.77. The molecule has 2 aromatic heterocycles. The van der Waals surface area contributed by atoms with Gasteiger partial charge in [0, 0.05) is 67.3 Å². The summed E-state index contributed by atoms with van der Waals surface area (Å²) in [7, 11) is 0. The molecular weight excluding hydrogens is 324 g/mol. The van der Waals surface area contributed by atoms with Crippen LogP contribution in [-0.2, 0) is 0 Å². The fourth-order valence-electron chi connectivity index (χ4n) is 4.14. The summed E-state index contributed by atoms with van der Waals surface area (Å²) in [5, 5.41) is 10.5. The Morgan fingerprint density at radius 2 is 1.81 bits per heavy atom. The maximum Gasteiger partial charge on any atom is 0.0627 e. The Morgan fingerprint density at radius 1 is 1.08 bits per heavy atom. The number of para-hydroxylation sites is 1. The largest absolute Gasteiger partial charge is 0.395 e. The smallest absolute Gasteiger partial charge is 0.0627 e. The van der Waals surface area contributed by atoms with Gasteiger partial charge in [-0.15, -0.1) is 0 Å². The van der Waals surface area contributed by atoms with E-state index in [1.165, 1.54) is 27.7 Å². The van der Waals surface area contributed by atoms with Gasteiger partial charge in [-0.2, -0.15) is 0 Å². The van der Waals surface area contributed by atoms with Crippen LogP contribution in [0.25, 0.3) is 10.9 Å². The lowest BCUT2D eigenvalue weighted by Gasteiger charge is -2.39. The molecule has 1 unspecified atom stereocenters. The molecule has 0 spiro atoms. The third-order valence-electron chi connectivity index (χ3n) is 5.43. The zero-order chi connectivity index (χ0) is 17.9. The zero-order valence-electron chi connectivity index (χ0n) is 15.2. The predicted molar refractivity (Wildman–Crippen MR) is 104 cm³/mol. The Hall–Kier alpha value is -2.21. The zero-order valence-corrected chi connectivity index (χ0v) is 15.2. The van der Waals surface area contributed by atoms with Crippen molar-refractivity contribution in [1.29, 1.82) is 0 Å². The average Bonchev–Trinajstić information content (AvgIpc) is 3.01. The molecule has 1 aromatic carbocycles. The Labute approximate surface area is 154 Å². The number of rotatable bonds is 5. The molecule has 26 heavy (non-hydrogen) atoms. The van der Waals surface area contributed by atoms with Crippen molar-refractivity contribution in [2.24, 2.45) is 0 Å². The number of aromatic amines is 1. The summed E-state index contributed by atoms with van der Waals surface area (Å²) in [6.45, 7) is 7.13. The molecule has 0 aliphatic carbocycles. The Bertz CT molecular complexity index is 853. The molecule has 1 saturated heterocycles. The molecule has 1 fully saturated rings. The quantitative estimate of drug-likeness (QED) is 0.743. The second kappa shape index (κ2) is 7.58. The molecule has 3 heterocycles. The van der Waals surface area contributed by atoms with Gasteiger partial charge in [-0.05, 0) is 30.7 Å². The molecule has 1 aliphatic heterocycles. The monoisotopic (exact) mass is 350 g/mol. The van der Waals surface area contributed by atoms with Crippen molar-refractivity contribution in [2.45, 2.75) is 13.0 Å². The number of fused-ring (bicyclic) bond motifs is 1. The van der Waals surface area contributed by atoms with E-state index in [1.807, 2.05) is 12.4 Å². The SMILES string of the molecule is Cc1[nH]c2ccccc2c1C(c1ccncc1)N1CCN(CCO)CC1. The van der Waals surface area contributed by atoms with Gasteiger partial charge in [0.15, 0.2) is 0 Å². The number of aliphatic hydroxyl groups is 1. The van der Waals surface area contributed by atoms with Gasteiger partial charge in [0.25, 0.3) is 0 Å². The Balaban J connectivity index is 1.74. The van der Waals surface area contributed by atoms with Crippen LogP contribution in [0, 0.1) is 6.92 Å². The van der Waals surface area contributed by atoms with Gasteiger partial charge >= 0.3 is 0 Å². The summed E-state index contributed by atoms with van der Waals surface area (Å²) in [5.41, 5.74) is 5.06. The minimum atomic E-state index is 0.213. The number of nitrogens with one attached hydrogen (secondary N) is 1. The van der Waals surface area contributed by atoms with E-state index in [2.05, 4.69) is 63.1 Å². The molecule has 136 valence electrons. The number of pyridine rings is 1. The van der Waals surface area contributed by atoms with Crippen LogP contribution in [0.3, 0.4) is 0 Å². The fraction of sp³-hybridized carbons (Fsp3) is 0.381. The average molecular weight is 350 g/mol. The minimum absolute atomic E-state index is 0.213. The summed E-state index contributed by atoms with van der Waals surface area (Å²) in [6, 6.07) is 13.0. The second-order valence-corrected chi connectivity index (χ2v) is 6.99. The van der Waals surface area contributed by atoms with Crippen LogP contribution in [0.15, 0.2) is 48.8 Å². The number of aliphatic hydroxyl groups excluding tert-OH is 1. The lowest BCUT2D eigenvalue weighted by atomic mass is 9.94. The number of H-pyrrole nitrogens is 1. The maximum absolute atomic E-state index is 9.21. The van der Waals surface area contributed by atoms with Gasteiger partial charge < -0.3 is 10.1 Å². The molecule has 0 bridgehead atoms. The van der Waals surface area contributed by atoms with Gasteiger partial charge in [0.1, 0.15) is 0 Å². The highest BCUT2D eigenvalue weighted by molar-refractivity contribution is 5.85. The van der Waals surface area contributed by atoms with Crippen LogP contribution in [0.1, 0.15) is 22.9 Å². The molecule has 1 aliphatic rings. The number of aryl methyl sites for hydroxylation is 1. The fourth-order valence-corrected chi connectivity index (χ4v) is 4.14. The highest BCUT2D eigenvalue weighted by Crippen LogP contribution is 2.36. The van der Waals surface area contributed by atoms with Gasteiger partial charge in [-0.3, -0.25) is 14.8 Å². The van der Waals surface area contributed by atoms with Crippen molar-refractivity contribution < 1.29 is 5.11 Å². The lowest BCUT2D eigenvalue weighted by Crippen LogP contribution is -2.48. The Kier molecular flexibility index (Phi) is 5.02. The first-order valence-corrected chi connectivity index (χ1v) is 9.32. The normalized spacial score (nSPS) is 17.6. The first-order chi connectivity index (χ1) is 12.8. The van der Waals surface area contributed by atoms with Crippen LogP contribution in [0.2, 0.25) is 0 Å². The van der Waals surface area contributed by atoms with Crippen molar-refractivity contribution in [3.05, 3.63) is 65.6 Å². The van der Waals surface area contributed by atoms with Crippen LogP contribution < -0.4 is 0 Å². The molecule has 0 radical (unpaired) electrons. The molecule has 2 N–H and O–H groups in total. The van der Waals surface area contributed by atoms with Crippen molar-refractivity contribution >= 4 is 10.9 Å². The summed E-state index contributed by atoms with van der Waals surface area (Å²) in [4.78, 5) is 12.7. The molecule has 1 atom stereocenters. The van der Waals surface area contributed by atoms with Crippen LogP contribution in [0.4, 0.5) is 0 Å². The second-order valence-electron chi connectivity index (χ2n) is 6.99. The van der Waals surface area contributed by atoms with E-state index in [4.69, 9.17) is 0 Å². The van der Waals surface area contributed by atoms with E-state index in [9.17, 15) is 5.11 Å². The van der Waals surface area contributed by atoms with Gasteiger partial charge in [-0.25, -0.2) is 0 Å². The van der Waals surface area contributed by atoms with Crippen molar-refractivity contribution in [1.82, 2.24) is 19.8 Å². The molecular formula is C21H26N4O. The molecule has 4 rings (SSSR count). The molecule has 0 amide bonds. The van der Waals surface area contributed by atoms with Gasteiger partial charge in [0.2, 0.25) is 0 Å². The lowest BCUT2D eigenvalue weighted by molar-refractivity contribution is 0.0946.